The molecule has 1 aliphatic heterocycles. The van der Waals surface area contributed by atoms with Crippen LogP contribution < -0.4 is 0 Å². The van der Waals surface area contributed by atoms with Crippen molar-refractivity contribution < 1.29 is 9.53 Å². The Balaban J connectivity index is 1.83. The van der Waals surface area contributed by atoms with Crippen LogP contribution in [-0.4, -0.2) is 49.5 Å². The maximum atomic E-state index is 13.0. The van der Waals surface area contributed by atoms with E-state index in [1.165, 1.54) is 5.56 Å². The van der Waals surface area contributed by atoms with E-state index in [-0.39, 0.29) is 11.9 Å². The highest BCUT2D eigenvalue weighted by atomic mass is 16.5. The Morgan fingerprint density at radius 2 is 1.79 bits per heavy atom. The standard InChI is InChI=1S/C20H24N2O2/c1-21-12-13-22(19(14-21)17-6-4-3-5-7-17)20(23)18-10-8-16(9-11-18)15-24-2/h3-11,19H,12-15H2,1-2H3. The van der Waals surface area contributed by atoms with Gasteiger partial charge in [0.2, 0.25) is 0 Å². The molecule has 1 unspecified atom stereocenters. The average Bonchev–Trinajstić information content (AvgIpc) is 2.63. The molecule has 0 aromatic heterocycles. The fourth-order valence-corrected chi connectivity index (χ4v) is 3.20. The number of nitrogens with zero attached hydrogens (tertiary/aromatic N) is 2. The van der Waals surface area contributed by atoms with E-state index in [4.69, 9.17) is 4.74 Å². The van der Waals surface area contributed by atoms with Crippen molar-refractivity contribution in [2.45, 2.75) is 12.6 Å². The van der Waals surface area contributed by atoms with Gasteiger partial charge in [0.25, 0.3) is 5.91 Å². The van der Waals surface area contributed by atoms with Gasteiger partial charge in [0, 0.05) is 32.3 Å². The molecule has 4 heteroatoms. The third-order valence-corrected chi connectivity index (χ3v) is 4.54. The SMILES string of the molecule is COCc1ccc(C(=O)N2CCN(C)CC2c2ccccc2)cc1. The molecule has 3 rings (SSSR count). The molecule has 0 N–H and O–H groups in total. The Hall–Kier alpha value is -2.17. The molecule has 1 atom stereocenters. The molecule has 0 bridgehead atoms. The van der Waals surface area contributed by atoms with E-state index in [9.17, 15) is 4.79 Å². The van der Waals surface area contributed by atoms with Crippen LogP contribution in [0.3, 0.4) is 0 Å². The highest BCUT2D eigenvalue weighted by molar-refractivity contribution is 5.94. The average molecular weight is 324 g/mol. The Bertz CT molecular complexity index is 670. The van der Waals surface area contributed by atoms with Gasteiger partial charge in [-0.1, -0.05) is 42.5 Å². The van der Waals surface area contributed by atoms with Crippen molar-refractivity contribution >= 4 is 5.91 Å². The molecular weight excluding hydrogens is 300 g/mol. The first-order valence-electron chi connectivity index (χ1n) is 8.31. The van der Waals surface area contributed by atoms with Gasteiger partial charge in [-0.2, -0.15) is 0 Å². The molecular formula is C20H24N2O2. The molecule has 1 fully saturated rings. The lowest BCUT2D eigenvalue weighted by atomic mass is 10.0. The van der Waals surface area contributed by atoms with Crippen LogP contribution in [0, 0.1) is 0 Å². The Morgan fingerprint density at radius 3 is 2.46 bits per heavy atom. The number of ether oxygens (including phenoxy) is 1. The van der Waals surface area contributed by atoms with E-state index in [1.54, 1.807) is 7.11 Å². The number of methoxy groups -OCH3 is 1. The summed E-state index contributed by atoms with van der Waals surface area (Å²) >= 11 is 0. The minimum Gasteiger partial charge on any atom is -0.380 e. The summed E-state index contributed by atoms with van der Waals surface area (Å²) in [6, 6.07) is 18.1. The molecule has 0 spiro atoms. The molecule has 1 aliphatic rings. The van der Waals surface area contributed by atoms with Crippen LogP contribution in [0.25, 0.3) is 0 Å². The summed E-state index contributed by atoms with van der Waals surface area (Å²) in [4.78, 5) is 17.3. The van der Waals surface area contributed by atoms with Crippen LogP contribution in [0.4, 0.5) is 0 Å². The van der Waals surface area contributed by atoms with Gasteiger partial charge < -0.3 is 14.5 Å². The second kappa shape index (κ2) is 7.60. The highest BCUT2D eigenvalue weighted by Gasteiger charge is 2.30. The fourth-order valence-electron chi connectivity index (χ4n) is 3.20. The van der Waals surface area contributed by atoms with Gasteiger partial charge in [0.1, 0.15) is 0 Å². The topological polar surface area (TPSA) is 32.8 Å². The van der Waals surface area contributed by atoms with E-state index < -0.39 is 0 Å². The van der Waals surface area contributed by atoms with Gasteiger partial charge >= 0.3 is 0 Å². The summed E-state index contributed by atoms with van der Waals surface area (Å²) < 4.78 is 5.13. The van der Waals surface area contributed by atoms with Gasteiger partial charge in [0.15, 0.2) is 0 Å². The lowest BCUT2D eigenvalue weighted by Crippen LogP contribution is -2.49. The Morgan fingerprint density at radius 1 is 1.08 bits per heavy atom. The number of piperazine rings is 1. The summed E-state index contributed by atoms with van der Waals surface area (Å²) in [5.41, 5.74) is 3.00. The second-order valence-electron chi connectivity index (χ2n) is 6.32. The number of benzene rings is 2. The second-order valence-corrected chi connectivity index (χ2v) is 6.32. The predicted octanol–water partition coefficient (Wildman–Crippen LogP) is 2.96. The fraction of sp³-hybridized carbons (Fsp3) is 0.350. The van der Waals surface area contributed by atoms with Gasteiger partial charge in [-0.25, -0.2) is 0 Å². The van der Waals surface area contributed by atoms with E-state index in [2.05, 4.69) is 24.1 Å². The van der Waals surface area contributed by atoms with E-state index in [1.807, 2.05) is 47.4 Å². The summed E-state index contributed by atoms with van der Waals surface area (Å²) in [7, 11) is 3.78. The molecule has 24 heavy (non-hydrogen) atoms. The quantitative estimate of drug-likeness (QED) is 0.867. The van der Waals surface area contributed by atoms with Crippen LogP contribution in [0.1, 0.15) is 27.5 Å². The molecule has 0 radical (unpaired) electrons. The highest BCUT2D eigenvalue weighted by Crippen LogP contribution is 2.26. The van der Waals surface area contributed by atoms with Crippen LogP contribution in [0.15, 0.2) is 54.6 Å². The minimum absolute atomic E-state index is 0.0936. The van der Waals surface area contributed by atoms with E-state index in [0.29, 0.717) is 6.61 Å². The number of hydrogen-bond acceptors (Lipinski definition) is 3. The smallest absolute Gasteiger partial charge is 0.254 e. The summed E-state index contributed by atoms with van der Waals surface area (Å²) in [5.74, 6) is 0.0981. The van der Waals surface area contributed by atoms with Crippen LogP contribution in [0.5, 0.6) is 0 Å². The van der Waals surface area contributed by atoms with Crippen LogP contribution in [-0.2, 0) is 11.3 Å². The lowest BCUT2D eigenvalue weighted by molar-refractivity contribution is 0.0498. The number of amides is 1. The largest absolute Gasteiger partial charge is 0.380 e. The number of carbonyl (C=O) groups is 1. The first-order valence-corrected chi connectivity index (χ1v) is 8.31. The van der Waals surface area contributed by atoms with Gasteiger partial charge in [-0.05, 0) is 30.3 Å². The maximum absolute atomic E-state index is 13.0. The molecule has 2 aromatic carbocycles. The molecule has 2 aromatic rings. The van der Waals surface area contributed by atoms with Crippen molar-refractivity contribution in [3.05, 3.63) is 71.3 Å². The number of likely N-dealkylation sites (N-methyl/N-ethyl adjacent to an activating group) is 1. The number of rotatable bonds is 4. The molecule has 0 saturated carbocycles. The monoisotopic (exact) mass is 324 g/mol. The van der Waals surface area contributed by atoms with Crippen LogP contribution >= 0.6 is 0 Å². The van der Waals surface area contributed by atoms with Crippen molar-refractivity contribution in [1.82, 2.24) is 9.80 Å². The molecule has 126 valence electrons. The van der Waals surface area contributed by atoms with Gasteiger partial charge in [-0.3, -0.25) is 4.79 Å². The zero-order valence-electron chi connectivity index (χ0n) is 14.3. The molecule has 4 nitrogen and oxygen atoms in total. The van der Waals surface area contributed by atoms with E-state index >= 15 is 0 Å². The normalized spacial score (nSPS) is 18.6. The first-order chi connectivity index (χ1) is 11.7. The Labute approximate surface area is 143 Å². The number of hydrogen-bond donors (Lipinski definition) is 0. The van der Waals surface area contributed by atoms with Crippen molar-refractivity contribution in [1.29, 1.82) is 0 Å². The maximum Gasteiger partial charge on any atom is 0.254 e. The molecule has 0 aliphatic carbocycles. The van der Waals surface area contributed by atoms with Crippen molar-refractivity contribution in [3.8, 4) is 0 Å². The number of carbonyl (C=O) groups excluding carboxylic acids is 1. The van der Waals surface area contributed by atoms with Crippen molar-refractivity contribution in [2.75, 3.05) is 33.8 Å². The van der Waals surface area contributed by atoms with E-state index in [0.717, 1.165) is 30.8 Å². The first kappa shape index (κ1) is 16.7. The molecule has 1 amide bonds. The minimum atomic E-state index is 0.0936. The van der Waals surface area contributed by atoms with Gasteiger partial charge in [-0.15, -0.1) is 0 Å². The molecule has 1 saturated heterocycles. The predicted molar refractivity (Wildman–Crippen MR) is 94.9 cm³/mol. The summed E-state index contributed by atoms with van der Waals surface area (Å²) in [5, 5.41) is 0. The van der Waals surface area contributed by atoms with Gasteiger partial charge in [0.05, 0.1) is 12.6 Å². The lowest BCUT2D eigenvalue weighted by Gasteiger charge is -2.40. The van der Waals surface area contributed by atoms with Crippen LogP contribution in [0.2, 0.25) is 0 Å². The van der Waals surface area contributed by atoms with Crippen molar-refractivity contribution in [2.24, 2.45) is 0 Å². The summed E-state index contributed by atoms with van der Waals surface area (Å²) in [6.45, 7) is 3.07. The zero-order chi connectivity index (χ0) is 16.9. The third-order valence-electron chi connectivity index (χ3n) is 4.54. The Kier molecular flexibility index (Phi) is 5.28. The molecule has 1 heterocycles. The third kappa shape index (κ3) is 3.66. The zero-order valence-corrected chi connectivity index (χ0v) is 14.3. The summed E-state index contributed by atoms with van der Waals surface area (Å²) in [6.07, 6.45) is 0. The van der Waals surface area contributed by atoms with Crippen molar-refractivity contribution in [3.63, 3.8) is 0 Å².